The number of benzene rings is 1. The molecule has 1 aromatic carbocycles. The zero-order valence-electron chi connectivity index (χ0n) is 11.8. The Bertz CT molecular complexity index is 557. The normalized spacial score (nSPS) is 18.0. The quantitative estimate of drug-likeness (QED) is 0.774. The summed E-state index contributed by atoms with van der Waals surface area (Å²) in [6.07, 6.45) is 2.15. The van der Waals surface area contributed by atoms with E-state index in [0.717, 1.165) is 38.9 Å². The fourth-order valence-corrected chi connectivity index (χ4v) is 3.98. The van der Waals surface area contributed by atoms with Crippen LogP contribution in [0.25, 0.3) is 0 Å². The van der Waals surface area contributed by atoms with E-state index in [0.29, 0.717) is 6.54 Å². The molecule has 21 heavy (non-hydrogen) atoms. The molecule has 1 aliphatic heterocycles. The summed E-state index contributed by atoms with van der Waals surface area (Å²) in [6, 6.07) is 6.41. The largest absolute Gasteiger partial charge is 0.393 e. The van der Waals surface area contributed by atoms with Gasteiger partial charge >= 0.3 is 0 Å². The second-order valence-corrected chi connectivity index (χ2v) is 7.40. The topological polar surface area (TPSA) is 69.6 Å². The van der Waals surface area contributed by atoms with Crippen LogP contribution < -0.4 is 4.72 Å². The van der Waals surface area contributed by atoms with E-state index in [1.807, 2.05) is 0 Å². The molecule has 0 unspecified atom stereocenters. The summed E-state index contributed by atoms with van der Waals surface area (Å²) in [5, 5.41) is 9.66. The third-order valence-corrected chi connectivity index (χ3v) is 5.59. The average molecular weight is 333 g/mol. The Morgan fingerprint density at radius 2 is 1.95 bits per heavy atom. The molecule has 1 fully saturated rings. The van der Waals surface area contributed by atoms with Crippen molar-refractivity contribution in [1.82, 2.24) is 9.62 Å². The van der Waals surface area contributed by atoms with Gasteiger partial charge < -0.3 is 10.0 Å². The summed E-state index contributed by atoms with van der Waals surface area (Å²) in [7, 11) is -3.54. The van der Waals surface area contributed by atoms with Gasteiger partial charge in [0.15, 0.2) is 0 Å². The zero-order valence-corrected chi connectivity index (χ0v) is 13.4. The minimum Gasteiger partial charge on any atom is -0.393 e. The zero-order chi connectivity index (χ0) is 15.3. The molecule has 0 bridgehead atoms. The summed E-state index contributed by atoms with van der Waals surface area (Å²) in [4.78, 5) is 2.36. The molecule has 118 valence electrons. The van der Waals surface area contributed by atoms with Crippen molar-refractivity contribution < 1.29 is 13.5 Å². The number of hydrogen-bond acceptors (Lipinski definition) is 4. The Balaban J connectivity index is 1.77. The summed E-state index contributed by atoms with van der Waals surface area (Å²) in [6.45, 7) is 2.96. The molecule has 2 N–H and O–H groups in total. The van der Waals surface area contributed by atoms with Crippen LogP contribution >= 0.6 is 11.6 Å². The lowest BCUT2D eigenvalue weighted by atomic mass is 10.1. The van der Waals surface area contributed by atoms with Gasteiger partial charge in [-0.1, -0.05) is 23.7 Å². The summed E-state index contributed by atoms with van der Waals surface area (Å²) >= 11 is 5.91. The summed E-state index contributed by atoms with van der Waals surface area (Å²) < 4.78 is 26.8. The number of aliphatic hydroxyl groups excluding tert-OH is 1. The molecule has 1 saturated heterocycles. The molecule has 5 nitrogen and oxygen atoms in total. The maximum atomic E-state index is 12.1. The van der Waals surface area contributed by atoms with Crippen LogP contribution in [-0.2, 0) is 10.0 Å². The molecule has 0 aromatic heterocycles. The Morgan fingerprint density at radius 3 is 2.62 bits per heavy atom. The van der Waals surface area contributed by atoms with Crippen LogP contribution in [0.1, 0.15) is 19.3 Å². The minimum atomic E-state index is -3.54. The molecule has 0 spiro atoms. The SMILES string of the molecule is O=S(=O)(NCCCN1CCC(O)CC1)c1ccccc1Cl. The van der Waals surface area contributed by atoms with Crippen molar-refractivity contribution in [3.05, 3.63) is 29.3 Å². The Kier molecular flexibility index (Phi) is 6.01. The second kappa shape index (κ2) is 7.56. The molecule has 0 aliphatic carbocycles. The van der Waals surface area contributed by atoms with E-state index in [4.69, 9.17) is 11.6 Å². The van der Waals surface area contributed by atoms with E-state index in [1.54, 1.807) is 18.2 Å². The number of likely N-dealkylation sites (tertiary alicyclic amines) is 1. The van der Waals surface area contributed by atoms with Crippen molar-refractivity contribution >= 4 is 21.6 Å². The highest BCUT2D eigenvalue weighted by atomic mass is 35.5. The van der Waals surface area contributed by atoms with Gasteiger partial charge in [-0.25, -0.2) is 13.1 Å². The number of halogens is 1. The maximum absolute atomic E-state index is 12.1. The highest BCUT2D eigenvalue weighted by molar-refractivity contribution is 7.89. The molecule has 7 heteroatoms. The van der Waals surface area contributed by atoms with Gasteiger partial charge in [-0.05, 0) is 37.9 Å². The molecule has 1 heterocycles. The first-order chi connectivity index (χ1) is 9.99. The summed E-state index contributed by atoms with van der Waals surface area (Å²) in [5.41, 5.74) is 0. The van der Waals surface area contributed by atoms with Crippen LogP contribution in [0.4, 0.5) is 0 Å². The molecule has 0 atom stereocenters. The van der Waals surface area contributed by atoms with Crippen LogP contribution in [0.3, 0.4) is 0 Å². The molecule has 0 radical (unpaired) electrons. The van der Waals surface area contributed by atoms with Gasteiger partial charge in [-0.3, -0.25) is 0 Å². The fourth-order valence-electron chi connectivity index (χ4n) is 2.39. The lowest BCUT2D eigenvalue weighted by molar-refractivity contribution is 0.0823. The van der Waals surface area contributed by atoms with Crippen LogP contribution in [0.15, 0.2) is 29.2 Å². The van der Waals surface area contributed by atoms with E-state index in [-0.39, 0.29) is 16.0 Å². The van der Waals surface area contributed by atoms with Gasteiger partial charge in [0.05, 0.1) is 11.1 Å². The predicted molar refractivity (Wildman–Crippen MR) is 82.9 cm³/mol. The minimum absolute atomic E-state index is 0.118. The van der Waals surface area contributed by atoms with Crippen LogP contribution in [-0.4, -0.2) is 50.7 Å². The first kappa shape index (κ1) is 16.7. The first-order valence-electron chi connectivity index (χ1n) is 7.13. The third kappa shape index (κ3) is 4.93. The number of sulfonamides is 1. The Hall–Kier alpha value is -0.660. The number of piperidine rings is 1. The van der Waals surface area contributed by atoms with Crippen LogP contribution in [0.2, 0.25) is 5.02 Å². The Morgan fingerprint density at radius 1 is 1.29 bits per heavy atom. The standard InChI is InChI=1S/C14H21ClN2O3S/c15-13-4-1-2-5-14(13)21(19,20)16-8-3-9-17-10-6-12(18)7-11-17/h1-2,4-5,12,16,18H,3,6-11H2. The van der Waals surface area contributed by atoms with Crippen molar-refractivity contribution in [1.29, 1.82) is 0 Å². The van der Waals surface area contributed by atoms with Gasteiger partial charge in [0.25, 0.3) is 0 Å². The van der Waals surface area contributed by atoms with Crippen molar-refractivity contribution in [2.24, 2.45) is 0 Å². The lowest BCUT2D eigenvalue weighted by Gasteiger charge is -2.29. The van der Waals surface area contributed by atoms with E-state index in [9.17, 15) is 13.5 Å². The van der Waals surface area contributed by atoms with Gasteiger partial charge in [-0.2, -0.15) is 0 Å². The Labute approximate surface area is 131 Å². The van der Waals surface area contributed by atoms with Crippen molar-refractivity contribution in [2.75, 3.05) is 26.2 Å². The molecule has 1 aliphatic rings. The first-order valence-corrected chi connectivity index (χ1v) is 9.00. The number of hydrogen-bond donors (Lipinski definition) is 2. The molecular weight excluding hydrogens is 312 g/mol. The van der Waals surface area contributed by atoms with Gasteiger partial charge in [0.2, 0.25) is 10.0 Å². The predicted octanol–water partition coefficient (Wildman–Crippen LogP) is 1.47. The fraction of sp³-hybridized carbons (Fsp3) is 0.571. The van der Waals surface area contributed by atoms with Crippen molar-refractivity contribution in [2.45, 2.75) is 30.3 Å². The number of aliphatic hydroxyl groups is 1. The van der Waals surface area contributed by atoms with E-state index < -0.39 is 10.0 Å². The van der Waals surface area contributed by atoms with E-state index in [2.05, 4.69) is 9.62 Å². The maximum Gasteiger partial charge on any atom is 0.242 e. The van der Waals surface area contributed by atoms with Crippen molar-refractivity contribution in [3.8, 4) is 0 Å². The molecule has 0 saturated carbocycles. The molecule has 2 rings (SSSR count). The average Bonchev–Trinajstić information content (AvgIpc) is 2.46. The highest BCUT2D eigenvalue weighted by Gasteiger charge is 2.18. The third-order valence-electron chi connectivity index (χ3n) is 3.63. The monoisotopic (exact) mass is 332 g/mol. The van der Waals surface area contributed by atoms with Crippen LogP contribution in [0.5, 0.6) is 0 Å². The van der Waals surface area contributed by atoms with Crippen molar-refractivity contribution in [3.63, 3.8) is 0 Å². The number of nitrogens with zero attached hydrogens (tertiary/aromatic N) is 1. The highest BCUT2D eigenvalue weighted by Crippen LogP contribution is 2.20. The summed E-state index contributed by atoms with van der Waals surface area (Å²) in [5.74, 6) is 0. The van der Waals surface area contributed by atoms with Gasteiger partial charge in [-0.15, -0.1) is 0 Å². The second-order valence-electron chi connectivity index (χ2n) is 5.25. The lowest BCUT2D eigenvalue weighted by Crippen LogP contribution is -2.37. The van der Waals surface area contributed by atoms with E-state index in [1.165, 1.54) is 6.07 Å². The van der Waals surface area contributed by atoms with Crippen LogP contribution in [0, 0.1) is 0 Å². The van der Waals surface area contributed by atoms with Gasteiger partial charge in [0.1, 0.15) is 4.90 Å². The number of nitrogens with one attached hydrogen (secondary N) is 1. The smallest absolute Gasteiger partial charge is 0.242 e. The molecule has 1 aromatic rings. The number of rotatable bonds is 6. The van der Waals surface area contributed by atoms with E-state index >= 15 is 0 Å². The van der Waals surface area contributed by atoms with Gasteiger partial charge in [0, 0.05) is 19.6 Å². The molecular formula is C14H21ClN2O3S. The molecule has 0 amide bonds.